The minimum absolute atomic E-state index is 0.310. The van der Waals surface area contributed by atoms with E-state index in [1.165, 1.54) is 0 Å². The second-order valence-corrected chi connectivity index (χ2v) is 6.43. The van der Waals surface area contributed by atoms with Crippen LogP contribution < -0.4 is 10.6 Å². The molecule has 0 amide bonds. The molecule has 0 bridgehead atoms. The monoisotopic (exact) mass is 376 g/mol. The van der Waals surface area contributed by atoms with Crippen molar-refractivity contribution >= 4 is 46.3 Å². The summed E-state index contributed by atoms with van der Waals surface area (Å²) in [6.07, 6.45) is 1.86. The number of ether oxygens (including phenoxy) is 1. The van der Waals surface area contributed by atoms with E-state index < -0.39 is 0 Å². The number of esters is 1. The highest BCUT2D eigenvalue weighted by atomic mass is 35.5. The van der Waals surface area contributed by atoms with Gasteiger partial charge in [0.15, 0.2) is 5.11 Å². The molecule has 0 aromatic heterocycles. The molecule has 0 radical (unpaired) electrons. The van der Waals surface area contributed by atoms with Crippen LogP contribution in [0.4, 0.5) is 11.4 Å². The highest BCUT2D eigenvalue weighted by molar-refractivity contribution is 7.80. The molecule has 0 saturated carbocycles. The third kappa shape index (κ3) is 6.03. The van der Waals surface area contributed by atoms with E-state index in [2.05, 4.69) is 17.6 Å². The molecule has 4 nitrogen and oxygen atoms in total. The van der Waals surface area contributed by atoms with Gasteiger partial charge < -0.3 is 15.4 Å². The molecule has 2 aromatic rings. The van der Waals surface area contributed by atoms with Gasteiger partial charge in [0.2, 0.25) is 0 Å². The average molecular weight is 377 g/mol. The molecule has 2 aromatic carbocycles. The Balaban J connectivity index is 1.90. The molecule has 0 aliphatic carbocycles. The Bertz CT molecular complexity index is 748. The number of carbonyl (C=O) groups excluding carboxylic acids is 1. The van der Waals surface area contributed by atoms with E-state index in [0.29, 0.717) is 22.3 Å². The van der Waals surface area contributed by atoms with Crippen molar-refractivity contribution in [3.63, 3.8) is 0 Å². The zero-order chi connectivity index (χ0) is 18.2. The van der Waals surface area contributed by atoms with Gasteiger partial charge in [-0.05, 0) is 67.5 Å². The second kappa shape index (κ2) is 9.39. The Kier molecular flexibility index (Phi) is 7.22. The zero-order valence-electron chi connectivity index (χ0n) is 14.3. The van der Waals surface area contributed by atoms with Crippen LogP contribution in [0, 0.1) is 6.92 Å². The summed E-state index contributed by atoms with van der Waals surface area (Å²) < 4.78 is 5.18. The van der Waals surface area contributed by atoms with E-state index in [-0.39, 0.29) is 5.97 Å². The maximum absolute atomic E-state index is 11.9. The van der Waals surface area contributed by atoms with Crippen LogP contribution in [0.15, 0.2) is 42.5 Å². The van der Waals surface area contributed by atoms with Crippen molar-refractivity contribution in [2.45, 2.75) is 26.7 Å². The molecule has 0 aliphatic rings. The Labute approximate surface area is 158 Å². The summed E-state index contributed by atoms with van der Waals surface area (Å²) in [6.45, 7) is 4.44. The van der Waals surface area contributed by atoms with Crippen molar-refractivity contribution in [1.29, 1.82) is 0 Å². The summed E-state index contributed by atoms with van der Waals surface area (Å²) in [7, 11) is 0. The zero-order valence-corrected chi connectivity index (χ0v) is 15.8. The average Bonchev–Trinajstić information content (AvgIpc) is 2.59. The van der Waals surface area contributed by atoms with Gasteiger partial charge in [-0.15, -0.1) is 0 Å². The van der Waals surface area contributed by atoms with Crippen LogP contribution in [0.2, 0.25) is 5.02 Å². The third-order valence-corrected chi connectivity index (χ3v) is 4.15. The number of nitrogens with one attached hydrogen (secondary N) is 2. The van der Waals surface area contributed by atoms with Crippen molar-refractivity contribution < 1.29 is 9.53 Å². The minimum Gasteiger partial charge on any atom is -0.462 e. The summed E-state index contributed by atoms with van der Waals surface area (Å²) >= 11 is 11.4. The van der Waals surface area contributed by atoms with Gasteiger partial charge in [0.25, 0.3) is 0 Å². The lowest BCUT2D eigenvalue weighted by atomic mass is 10.2. The molecule has 2 N–H and O–H groups in total. The van der Waals surface area contributed by atoms with Crippen LogP contribution in [0.1, 0.15) is 35.7 Å². The van der Waals surface area contributed by atoms with Crippen molar-refractivity contribution in [1.82, 2.24) is 0 Å². The fourth-order valence-electron chi connectivity index (χ4n) is 2.05. The normalized spacial score (nSPS) is 10.2. The lowest BCUT2D eigenvalue weighted by Crippen LogP contribution is -2.19. The first kappa shape index (κ1) is 19.2. The number of halogens is 1. The highest BCUT2D eigenvalue weighted by Crippen LogP contribution is 2.20. The van der Waals surface area contributed by atoms with Crippen molar-refractivity contribution in [3.05, 3.63) is 58.6 Å². The number of thiocarbonyl (C=S) groups is 1. The molecule has 0 heterocycles. The minimum atomic E-state index is -0.310. The molecular weight excluding hydrogens is 356 g/mol. The standard InChI is InChI=1S/C19H21ClN2O2S/c1-3-4-11-24-18(23)14-6-9-15(10-7-14)21-19(25)22-16-8-5-13(2)17(20)12-16/h5-10,12H,3-4,11H2,1-2H3,(H2,21,22,25). The first-order valence-corrected chi connectivity index (χ1v) is 8.89. The van der Waals surface area contributed by atoms with E-state index in [1.54, 1.807) is 24.3 Å². The number of hydrogen-bond acceptors (Lipinski definition) is 3. The van der Waals surface area contributed by atoms with Gasteiger partial charge in [0.1, 0.15) is 0 Å². The Morgan fingerprint density at radius 1 is 1.12 bits per heavy atom. The Morgan fingerprint density at radius 3 is 2.40 bits per heavy atom. The maximum Gasteiger partial charge on any atom is 0.338 e. The number of anilines is 2. The fraction of sp³-hybridized carbons (Fsp3) is 0.263. The molecule has 0 unspecified atom stereocenters. The van der Waals surface area contributed by atoms with E-state index in [0.717, 1.165) is 29.8 Å². The van der Waals surface area contributed by atoms with Crippen molar-refractivity contribution in [2.24, 2.45) is 0 Å². The molecule has 0 spiro atoms. The third-order valence-electron chi connectivity index (χ3n) is 3.54. The number of aryl methyl sites for hydroxylation is 1. The van der Waals surface area contributed by atoms with Gasteiger partial charge in [-0.1, -0.05) is 31.0 Å². The summed E-state index contributed by atoms with van der Waals surface area (Å²) in [5.74, 6) is -0.310. The largest absolute Gasteiger partial charge is 0.462 e. The summed E-state index contributed by atoms with van der Waals surface area (Å²) in [4.78, 5) is 11.9. The van der Waals surface area contributed by atoms with Crippen LogP contribution in [-0.4, -0.2) is 17.7 Å². The van der Waals surface area contributed by atoms with Crippen LogP contribution in [-0.2, 0) is 4.74 Å². The van der Waals surface area contributed by atoms with Gasteiger partial charge in [0, 0.05) is 16.4 Å². The van der Waals surface area contributed by atoms with E-state index in [9.17, 15) is 4.79 Å². The molecule has 0 atom stereocenters. The van der Waals surface area contributed by atoms with Gasteiger partial charge >= 0.3 is 5.97 Å². The van der Waals surface area contributed by atoms with Gasteiger partial charge in [-0.25, -0.2) is 4.79 Å². The van der Waals surface area contributed by atoms with E-state index >= 15 is 0 Å². The lowest BCUT2D eigenvalue weighted by Gasteiger charge is -2.12. The number of rotatable bonds is 6. The lowest BCUT2D eigenvalue weighted by molar-refractivity contribution is 0.0500. The quantitative estimate of drug-likeness (QED) is 0.401. The number of hydrogen-bond donors (Lipinski definition) is 2. The fourth-order valence-corrected chi connectivity index (χ4v) is 2.46. The molecule has 2 rings (SSSR count). The maximum atomic E-state index is 11.9. The predicted octanol–water partition coefficient (Wildman–Crippen LogP) is 5.41. The van der Waals surface area contributed by atoms with Gasteiger partial charge in [-0.2, -0.15) is 0 Å². The molecule has 0 aliphatic heterocycles. The van der Waals surface area contributed by atoms with E-state index in [1.807, 2.05) is 25.1 Å². The molecule has 132 valence electrons. The molecular formula is C19H21ClN2O2S. The smallest absolute Gasteiger partial charge is 0.338 e. The Hall–Kier alpha value is -2.11. The van der Waals surface area contributed by atoms with Gasteiger partial charge in [0.05, 0.1) is 12.2 Å². The van der Waals surface area contributed by atoms with Crippen LogP contribution in [0.3, 0.4) is 0 Å². The topological polar surface area (TPSA) is 50.4 Å². The summed E-state index contributed by atoms with van der Waals surface area (Å²) in [6, 6.07) is 12.6. The first-order valence-electron chi connectivity index (χ1n) is 8.11. The predicted molar refractivity (Wildman–Crippen MR) is 108 cm³/mol. The van der Waals surface area contributed by atoms with Crippen LogP contribution in [0.25, 0.3) is 0 Å². The molecule has 25 heavy (non-hydrogen) atoms. The van der Waals surface area contributed by atoms with Gasteiger partial charge in [-0.3, -0.25) is 0 Å². The molecule has 0 saturated heterocycles. The first-order chi connectivity index (χ1) is 12.0. The van der Waals surface area contributed by atoms with Crippen molar-refractivity contribution in [2.75, 3.05) is 17.2 Å². The number of carbonyl (C=O) groups is 1. The van der Waals surface area contributed by atoms with Crippen LogP contribution in [0.5, 0.6) is 0 Å². The molecule has 6 heteroatoms. The Morgan fingerprint density at radius 2 is 1.76 bits per heavy atom. The SMILES string of the molecule is CCCCOC(=O)c1ccc(NC(=S)Nc2ccc(C)c(Cl)c2)cc1. The highest BCUT2D eigenvalue weighted by Gasteiger charge is 2.07. The molecule has 0 fully saturated rings. The summed E-state index contributed by atoms with van der Waals surface area (Å²) in [5.41, 5.74) is 3.11. The summed E-state index contributed by atoms with van der Waals surface area (Å²) in [5, 5.41) is 7.26. The second-order valence-electron chi connectivity index (χ2n) is 5.61. The number of unbranched alkanes of at least 4 members (excludes halogenated alkanes) is 1. The number of benzene rings is 2. The van der Waals surface area contributed by atoms with Crippen molar-refractivity contribution in [3.8, 4) is 0 Å². The van der Waals surface area contributed by atoms with E-state index in [4.69, 9.17) is 28.6 Å². The van der Waals surface area contributed by atoms with Crippen LogP contribution >= 0.6 is 23.8 Å².